The summed E-state index contributed by atoms with van der Waals surface area (Å²) < 4.78 is 7.29. The zero-order chi connectivity index (χ0) is 21.8. The van der Waals surface area contributed by atoms with E-state index in [4.69, 9.17) is 9.72 Å². The molecule has 0 amide bonds. The number of esters is 1. The van der Waals surface area contributed by atoms with Crippen molar-refractivity contribution in [3.8, 4) is 0 Å². The number of rotatable bonds is 6. The van der Waals surface area contributed by atoms with Crippen molar-refractivity contribution in [1.82, 2.24) is 19.7 Å². The highest BCUT2D eigenvalue weighted by Crippen LogP contribution is 2.30. The van der Waals surface area contributed by atoms with Crippen LogP contribution in [0, 0.1) is 0 Å². The second kappa shape index (κ2) is 9.04. The van der Waals surface area contributed by atoms with Gasteiger partial charge in [-0.1, -0.05) is 37.8 Å². The molecule has 3 aromatic rings. The Morgan fingerprint density at radius 1 is 1.13 bits per heavy atom. The summed E-state index contributed by atoms with van der Waals surface area (Å²) in [5.41, 5.74) is 1.95. The highest BCUT2D eigenvalue weighted by atomic mass is 16.5. The van der Waals surface area contributed by atoms with Crippen LogP contribution in [0.25, 0.3) is 11.0 Å². The van der Waals surface area contributed by atoms with Crippen molar-refractivity contribution in [2.45, 2.75) is 70.8 Å². The summed E-state index contributed by atoms with van der Waals surface area (Å²) in [6, 6.07) is 8.16. The van der Waals surface area contributed by atoms with Gasteiger partial charge < -0.3 is 10.1 Å². The fraction of sp³-hybridized carbons (Fsp3) is 0.500. The van der Waals surface area contributed by atoms with Crippen LogP contribution in [0.4, 0.5) is 11.6 Å². The van der Waals surface area contributed by atoms with Crippen LogP contribution in [0.1, 0.15) is 70.9 Å². The smallest absolute Gasteiger partial charge is 0.315 e. The van der Waals surface area contributed by atoms with E-state index in [1.807, 2.05) is 57.4 Å². The summed E-state index contributed by atoms with van der Waals surface area (Å²) in [5.74, 6) is 0.316. The summed E-state index contributed by atoms with van der Waals surface area (Å²) in [5, 5.41) is 8.86. The Bertz CT molecular complexity index is 1030. The molecule has 0 atom stereocenters. The Kier molecular flexibility index (Phi) is 6.20. The lowest BCUT2D eigenvalue weighted by molar-refractivity contribution is -0.148. The molecule has 0 aliphatic heterocycles. The van der Waals surface area contributed by atoms with E-state index in [0.29, 0.717) is 18.6 Å². The lowest BCUT2D eigenvalue weighted by atomic mass is 9.84. The molecule has 1 N–H and O–H groups in total. The predicted octanol–water partition coefficient (Wildman–Crippen LogP) is 5.31. The van der Waals surface area contributed by atoms with Crippen molar-refractivity contribution < 1.29 is 9.53 Å². The average molecular weight is 422 g/mol. The van der Waals surface area contributed by atoms with Crippen LogP contribution in [0.3, 0.4) is 0 Å². The number of benzene rings is 1. The summed E-state index contributed by atoms with van der Waals surface area (Å²) in [4.78, 5) is 21.5. The molecule has 0 unspecified atom stereocenters. The fourth-order valence-corrected chi connectivity index (χ4v) is 4.19. The first-order chi connectivity index (χ1) is 15.0. The molecule has 2 aromatic heterocycles. The van der Waals surface area contributed by atoms with Crippen LogP contribution in [0.15, 0.2) is 36.7 Å². The second-order valence-corrected chi connectivity index (χ2v) is 8.75. The van der Waals surface area contributed by atoms with Crippen molar-refractivity contribution in [3.63, 3.8) is 0 Å². The minimum atomic E-state index is -0.699. The molecule has 7 heteroatoms. The molecule has 0 bridgehead atoms. The summed E-state index contributed by atoms with van der Waals surface area (Å²) in [6.07, 6.45) is 11.1. The highest BCUT2D eigenvalue weighted by Gasteiger charge is 2.31. The third-order valence-electron chi connectivity index (χ3n) is 6.15. The van der Waals surface area contributed by atoms with Gasteiger partial charge in [0.15, 0.2) is 5.65 Å². The molecule has 1 fully saturated rings. The average Bonchev–Trinajstić information content (AvgIpc) is 2.99. The topological polar surface area (TPSA) is 81.9 Å². The number of nitrogens with zero attached hydrogens (tertiary/aromatic N) is 4. The van der Waals surface area contributed by atoms with Gasteiger partial charge in [0.1, 0.15) is 0 Å². The zero-order valence-corrected chi connectivity index (χ0v) is 18.6. The van der Waals surface area contributed by atoms with Gasteiger partial charge in [0.05, 0.1) is 29.6 Å². The first-order valence-electron chi connectivity index (χ1n) is 11.2. The van der Waals surface area contributed by atoms with E-state index in [2.05, 4.69) is 20.1 Å². The highest BCUT2D eigenvalue weighted by molar-refractivity contribution is 5.82. The number of ether oxygens (including phenoxy) is 1. The van der Waals surface area contributed by atoms with E-state index in [1.165, 1.54) is 25.7 Å². The van der Waals surface area contributed by atoms with Crippen molar-refractivity contribution >= 4 is 28.6 Å². The lowest BCUT2D eigenvalue weighted by Crippen LogP contribution is -2.31. The van der Waals surface area contributed by atoms with Gasteiger partial charge in [-0.05, 0) is 51.3 Å². The molecule has 1 aromatic carbocycles. The minimum Gasteiger partial charge on any atom is -0.465 e. The van der Waals surface area contributed by atoms with E-state index in [0.717, 1.165) is 35.1 Å². The third kappa shape index (κ3) is 4.55. The molecule has 1 saturated carbocycles. The number of aromatic nitrogens is 4. The van der Waals surface area contributed by atoms with E-state index in [1.54, 1.807) is 0 Å². The van der Waals surface area contributed by atoms with Gasteiger partial charge >= 0.3 is 5.97 Å². The zero-order valence-electron chi connectivity index (χ0n) is 18.6. The molecule has 31 heavy (non-hydrogen) atoms. The number of hydrogen-bond acceptors (Lipinski definition) is 6. The Labute approximate surface area is 183 Å². The minimum absolute atomic E-state index is 0.226. The van der Waals surface area contributed by atoms with Crippen molar-refractivity contribution in [3.05, 3.63) is 42.2 Å². The number of nitrogens with one attached hydrogen (secondary N) is 1. The van der Waals surface area contributed by atoms with Gasteiger partial charge in [-0.15, -0.1) is 0 Å². The molecule has 1 aliphatic carbocycles. The van der Waals surface area contributed by atoms with Crippen LogP contribution >= 0.6 is 0 Å². The number of fused-ring (bicyclic) bond motifs is 1. The van der Waals surface area contributed by atoms with Crippen molar-refractivity contribution in [2.24, 2.45) is 0 Å². The first-order valence-corrected chi connectivity index (χ1v) is 11.2. The van der Waals surface area contributed by atoms with E-state index < -0.39 is 5.41 Å². The molecular weight excluding hydrogens is 390 g/mol. The predicted molar refractivity (Wildman–Crippen MR) is 121 cm³/mol. The standard InChI is InChI=1S/C24H31N5O2/c1-4-31-22(30)24(2,3)18-11-13-19(14-12-18)27-23-25-15-17-16-26-29(21(17)28-23)20-9-7-5-6-8-10-20/h11-16,20H,4-10H2,1-3H3,(H,25,27,28). The molecule has 2 heterocycles. The largest absolute Gasteiger partial charge is 0.465 e. The second-order valence-electron chi connectivity index (χ2n) is 8.75. The maximum atomic E-state index is 12.3. The van der Waals surface area contributed by atoms with Crippen LogP contribution in [0.5, 0.6) is 0 Å². The van der Waals surface area contributed by atoms with Gasteiger partial charge in [-0.2, -0.15) is 10.1 Å². The summed E-state index contributed by atoms with van der Waals surface area (Å²) in [6.45, 7) is 5.94. The third-order valence-corrected chi connectivity index (χ3v) is 6.15. The van der Waals surface area contributed by atoms with Gasteiger partial charge in [0.2, 0.25) is 5.95 Å². The van der Waals surface area contributed by atoms with Gasteiger partial charge in [-0.3, -0.25) is 4.79 Å². The van der Waals surface area contributed by atoms with Gasteiger partial charge in [0, 0.05) is 11.9 Å². The Morgan fingerprint density at radius 3 is 2.52 bits per heavy atom. The fourth-order valence-electron chi connectivity index (χ4n) is 4.19. The molecule has 0 saturated heterocycles. The molecule has 7 nitrogen and oxygen atoms in total. The molecular formula is C24H31N5O2. The Hall–Kier alpha value is -2.96. The molecule has 1 aliphatic rings. The number of anilines is 2. The first kappa shape index (κ1) is 21.3. The van der Waals surface area contributed by atoms with Crippen molar-refractivity contribution in [1.29, 1.82) is 0 Å². The van der Waals surface area contributed by atoms with E-state index in [-0.39, 0.29) is 5.97 Å². The molecule has 0 spiro atoms. The SMILES string of the molecule is CCOC(=O)C(C)(C)c1ccc(Nc2ncc3cnn(C4CCCCCC4)c3n2)cc1. The number of carbonyl (C=O) groups is 1. The van der Waals surface area contributed by atoms with Crippen LogP contribution < -0.4 is 5.32 Å². The quantitative estimate of drug-likeness (QED) is 0.429. The normalized spacial score (nSPS) is 15.6. The molecule has 0 radical (unpaired) electrons. The van der Waals surface area contributed by atoms with E-state index in [9.17, 15) is 4.79 Å². The maximum absolute atomic E-state index is 12.3. The van der Waals surface area contributed by atoms with Crippen molar-refractivity contribution in [2.75, 3.05) is 11.9 Å². The monoisotopic (exact) mass is 421 g/mol. The van der Waals surface area contributed by atoms with Gasteiger partial charge in [-0.25, -0.2) is 9.67 Å². The van der Waals surface area contributed by atoms with Crippen LogP contribution in [0.2, 0.25) is 0 Å². The van der Waals surface area contributed by atoms with Gasteiger partial charge in [0.25, 0.3) is 0 Å². The maximum Gasteiger partial charge on any atom is 0.315 e. The number of hydrogen-bond donors (Lipinski definition) is 1. The van der Waals surface area contributed by atoms with Crippen LogP contribution in [-0.2, 0) is 14.9 Å². The lowest BCUT2D eigenvalue weighted by Gasteiger charge is -2.23. The number of carbonyl (C=O) groups excluding carboxylic acids is 1. The summed E-state index contributed by atoms with van der Waals surface area (Å²) in [7, 11) is 0. The Morgan fingerprint density at radius 2 is 1.84 bits per heavy atom. The van der Waals surface area contributed by atoms with Crippen LogP contribution in [-0.4, -0.2) is 32.3 Å². The summed E-state index contributed by atoms with van der Waals surface area (Å²) >= 11 is 0. The molecule has 4 rings (SSSR count). The molecule has 164 valence electrons. The Balaban J connectivity index is 1.53. The van der Waals surface area contributed by atoms with E-state index >= 15 is 0 Å².